The molecule has 8 heteroatoms. The molecule has 0 radical (unpaired) electrons. The number of methoxy groups -OCH3 is 1. The van der Waals surface area contributed by atoms with E-state index >= 15 is 0 Å². The molecule has 126 valence electrons. The van der Waals surface area contributed by atoms with E-state index in [-0.39, 0.29) is 23.0 Å². The van der Waals surface area contributed by atoms with Gasteiger partial charge in [0.2, 0.25) is 5.90 Å². The minimum absolute atomic E-state index is 0.0458. The van der Waals surface area contributed by atoms with Gasteiger partial charge in [0, 0.05) is 16.7 Å². The summed E-state index contributed by atoms with van der Waals surface area (Å²) in [5.74, 6) is -0.356. The van der Waals surface area contributed by atoms with Crippen molar-refractivity contribution in [2.75, 3.05) is 7.11 Å². The molecule has 0 saturated carbocycles. The van der Waals surface area contributed by atoms with Crippen molar-refractivity contribution < 1.29 is 19.2 Å². The second kappa shape index (κ2) is 6.74. The number of benzene rings is 2. The molecule has 0 atom stereocenters. The highest BCUT2D eigenvalue weighted by molar-refractivity contribution is 6.30. The Morgan fingerprint density at radius 1 is 1.24 bits per heavy atom. The van der Waals surface area contributed by atoms with Crippen LogP contribution in [0.15, 0.2) is 53.2 Å². The highest BCUT2D eigenvalue weighted by atomic mass is 35.5. The third kappa shape index (κ3) is 3.51. The molecule has 0 amide bonds. The second-order valence-electron chi connectivity index (χ2n) is 5.03. The maximum Gasteiger partial charge on any atom is 0.363 e. The summed E-state index contributed by atoms with van der Waals surface area (Å²) in [6.07, 6.45) is 1.41. The number of cyclic esters (lactones) is 1. The molecule has 2 aromatic carbocycles. The summed E-state index contributed by atoms with van der Waals surface area (Å²) in [5, 5.41) is 11.6. The Morgan fingerprint density at radius 2 is 1.96 bits per heavy atom. The number of nitrogens with zero attached hydrogens (tertiary/aromatic N) is 2. The Kier molecular flexibility index (Phi) is 4.49. The Morgan fingerprint density at radius 3 is 2.60 bits per heavy atom. The third-order valence-electron chi connectivity index (χ3n) is 3.41. The molecule has 0 unspecified atom stereocenters. The van der Waals surface area contributed by atoms with Crippen molar-refractivity contribution >= 4 is 35.2 Å². The van der Waals surface area contributed by atoms with E-state index in [0.29, 0.717) is 16.1 Å². The number of ether oxygens (including phenoxy) is 2. The SMILES string of the molecule is COc1ccc(/C=C2\N=C(c3ccc(Cl)cc3)OC2=O)cc1[N+](=O)[O-]. The van der Waals surface area contributed by atoms with Crippen molar-refractivity contribution in [1.82, 2.24) is 0 Å². The summed E-state index contributed by atoms with van der Waals surface area (Å²) in [6, 6.07) is 11.0. The quantitative estimate of drug-likeness (QED) is 0.360. The minimum Gasteiger partial charge on any atom is -0.490 e. The molecule has 1 aliphatic heterocycles. The van der Waals surface area contributed by atoms with E-state index in [9.17, 15) is 14.9 Å². The van der Waals surface area contributed by atoms with E-state index in [0.717, 1.165) is 0 Å². The van der Waals surface area contributed by atoms with Gasteiger partial charge in [0.25, 0.3) is 0 Å². The topological polar surface area (TPSA) is 91.0 Å². The van der Waals surface area contributed by atoms with Crippen LogP contribution in [-0.2, 0) is 9.53 Å². The largest absolute Gasteiger partial charge is 0.490 e. The Hall–Kier alpha value is -3.19. The fourth-order valence-electron chi connectivity index (χ4n) is 2.22. The zero-order valence-electron chi connectivity index (χ0n) is 12.9. The molecule has 0 saturated heterocycles. The lowest BCUT2D eigenvalue weighted by molar-refractivity contribution is -0.385. The highest BCUT2D eigenvalue weighted by Crippen LogP contribution is 2.29. The van der Waals surface area contributed by atoms with E-state index in [4.69, 9.17) is 21.1 Å². The van der Waals surface area contributed by atoms with Crippen LogP contribution >= 0.6 is 11.6 Å². The third-order valence-corrected chi connectivity index (χ3v) is 3.67. The van der Waals surface area contributed by atoms with Crippen molar-refractivity contribution in [2.45, 2.75) is 0 Å². The van der Waals surface area contributed by atoms with Crippen LogP contribution in [0.5, 0.6) is 5.75 Å². The lowest BCUT2D eigenvalue weighted by atomic mass is 10.1. The number of rotatable bonds is 4. The summed E-state index contributed by atoms with van der Waals surface area (Å²) in [5.41, 5.74) is 0.872. The number of halogens is 1. The first-order valence-corrected chi connectivity index (χ1v) is 7.46. The van der Waals surface area contributed by atoms with E-state index in [2.05, 4.69) is 4.99 Å². The minimum atomic E-state index is -0.636. The number of carbonyl (C=O) groups is 1. The van der Waals surface area contributed by atoms with Crippen molar-refractivity contribution in [3.63, 3.8) is 0 Å². The molecule has 7 nitrogen and oxygen atoms in total. The zero-order chi connectivity index (χ0) is 18.0. The lowest BCUT2D eigenvalue weighted by Crippen LogP contribution is -2.05. The van der Waals surface area contributed by atoms with Crippen LogP contribution in [0.3, 0.4) is 0 Å². The van der Waals surface area contributed by atoms with Crippen LogP contribution in [0, 0.1) is 10.1 Å². The molecule has 1 aliphatic rings. The molecule has 3 rings (SSSR count). The number of carbonyl (C=O) groups excluding carboxylic acids is 1. The summed E-state index contributed by atoms with van der Waals surface area (Å²) >= 11 is 5.82. The number of esters is 1. The molecule has 0 bridgehead atoms. The maximum absolute atomic E-state index is 12.0. The summed E-state index contributed by atoms with van der Waals surface area (Å²) in [4.78, 5) is 26.6. The second-order valence-corrected chi connectivity index (χ2v) is 5.47. The first kappa shape index (κ1) is 16.7. The van der Waals surface area contributed by atoms with Gasteiger partial charge in [0.15, 0.2) is 11.4 Å². The van der Waals surface area contributed by atoms with Crippen LogP contribution in [0.4, 0.5) is 5.69 Å². The van der Waals surface area contributed by atoms with Crippen molar-refractivity contribution in [3.05, 3.63) is 74.4 Å². The predicted octanol–water partition coefficient (Wildman–Crippen LogP) is 3.60. The Bertz CT molecular complexity index is 919. The molecule has 2 aromatic rings. The average Bonchev–Trinajstić information content (AvgIpc) is 2.96. The number of hydrogen-bond donors (Lipinski definition) is 0. The van der Waals surface area contributed by atoms with E-state index in [1.54, 1.807) is 30.3 Å². The summed E-state index contributed by atoms with van der Waals surface area (Å²) in [6.45, 7) is 0. The summed E-state index contributed by atoms with van der Waals surface area (Å²) < 4.78 is 10.1. The van der Waals surface area contributed by atoms with Gasteiger partial charge >= 0.3 is 11.7 Å². The predicted molar refractivity (Wildman–Crippen MR) is 91.7 cm³/mol. The fraction of sp³-hybridized carbons (Fsp3) is 0.0588. The van der Waals surface area contributed by atoms with E-state index in [1.165, 1.54) is 25.3 Å². The van der Waals surface area contributed by atoms with Gasteiger partial charge in [-0.15, -0.1) is 0 Å². The van der Waals surface area contributed by atoms with Gasteiger partial charge in [-0.2, -0.15) is 0 Å². The highest BCUT2D eigenvalue weighted by Gasteiger charge is 2.24. The molecule has 0 fully saturated rings. The molecule has 0 spiro atoms. The van der Waals surface area contributed by atoms with Gasteiger partial charge in [0.05, 0.1) is 12.0 Å². The monoisotopic (exact) mass is 358 g/mol. The number of hydrogen-bond acceptors (Lipinski definition) is 6. The number of nitro benzene ring substituents is 1. The van der Waals surface area contributed by atoms with Crippen molar-refractivity contribution in [2.24, 2.45) is 4.99 Å². The molecule has 0 aliphatic carbocycles. The molecular weight excluding hydrogens is 348 g/mol. The fourth-order valence-corrected chi connectivity index (χ4v) is 2.35. The van der Waals surface area contributed by atoms with Gasteiger partial charge in [-0.1, -0.05) is 17.7 Å². The Labute approximate surface area is 147 Å². The molecular formula is C17H11ClN2O5. The molecule has 25 heavy (non-hydrogen) atoms. The van der Waals surface area contributed by atoms with Crippen LogP contribution in [-0.4, -0.2) is 23.9 Å². The lowest BCUT2D eigenvalue weighted by Gasteiger charge is -2.02. The first-order chi connectivity index (χ1) is 12.0. The molecule has 0 aromatic heterocycles. The summed E-state index contributed by atoms with van der Waals surface area (Å²) in [7, 11) is 1.34. The number of aliphatic imine (C=N–C) groups is 1. The average molecular weight is 359 g/mol. The zero-order valence-corrected chi connectivity index (χ0v) is 13.7. The van der Waals surface area contributed by atoms with E-state index in [1.807, 2.05) is 0 Å². The van der Waals surface area contributed by atoms with E-state index < -0.39 is 10.9 Å². The Balaban J connectivity index is 1.95. The normalized spacial score (nSPS) is 15.0. The molecule has 1 heterocycles. The van der Waals surface area contributed by atoms with Crippen LogP contribution < -0.4 is 4.74 Å². The van der Waals surface area contributed by atoms with Gasteiger partial charge in [-0.3, -0.25) is 10.1 Å². The van der Waals surface area contributed by atoms with Gasteiger partial charge in [-0.25, -0.2) is 9.79 Å². The van der Waals surface area contributed by atoms with Crippen molar-refractivity contribution in [3.8, 4) is 5.75 Å². The van der Waals surface area contributed by atoms with Gasteiger partial charge in [-0.05, 0) is 42.0 Å². The van der Waals surface area contributed by atoms with Crippen molar-refractivity contribution in [1.29, 1.82) is 0 Å². The van der Waals surface area contributed by atoms with Gasteiger partial charge in [0.1, 0.15) is 0 Å². The smallest absolute Gasteiger partial charge is 0.363 e. The first-order valence-electron chi connectivity index (χ1n) is 7.09. The number of nitro groups is 1. The van der Waals surface area contributed by atoms with Crippen LogP contribution in [0.2, 0.25) is 5.02 Å². The standard InChI is InChI=1S/C17H11ClN2O5/c1-24-15-7-2-10(9-14(15)20(22)23)8-13-17(21)25-16(19-13)11-3-5-12(18)6-4-11/h2-9H,1H3/b13-8-. The maximum atomic E-state index is 12.0. The van der Waals surface area contributed by atoms with Gasteiger partial charge < -0.3 is 9.47 Å². The van der Waals surface area contributed by atoms with Crippen LogP contribution in [0.1, 0.15) is 11.1 Å². The molecule has 0 N–H and O–H groups in total. The van der Waals surface area contributed by atoms with Crippen LogP contribution in [0.25, 0.3) is 6.08 Å².